The maximum absolute atomic E-state index is 12.4. The van der Waals surface area contributed by atoms with Crippen molar-refractivity contribution < 1.29 is 14.7 Å². The van der Waals surface area contributed by atoms with Crippen LogP contribution in [0.4, 0.5) is 16.2 Å². The van der Waals surface area contributed by atoms with E-state index in [4.69, 9.17) is 0 Å². The van der Waals surface area contributed by atoms with E-state index in [0.717, 1.165) is 4.90 Å². The molecule has 0 aromatic heterocycles. The zero-order valence-electron chi connectivity index (χ0n) is 10.6. The van der Waals surface area contributed by atoms with Crippen molar-refractivity contribution in [2.24, 2.45) is 0 Å². The van der Waals surface area contributed by atoms with Crippen molar-refractivity contribution in [3.05, 3.63) is 54.6 Å². The molecule has 100 valence electrons. The van der Waals surface area contributed by atoms with Crippen LogP contribution >= 0.6 is 0 Å². The summed E-state index contributed by atoms with van der Waals surface area (Å²) in [7, 11) is 0. The summed E-state index contributed by atoms with van der Waals surface area (Å²) in [4.78, 5) is 27.0. The Morgan fingerprint density at radius 3 is 2.15 bits per heavy atom. The molecule has 1 aliphatic rings. The minimum Gasteiger partial charge on any atom is -0.508 e. The van der Waals surface area contributed by atoms with Crippen molar-refractivity contribution in [2.75, 3.05) is 16.3 Å². The summed E-state index contributed by atoms with van der Waals surface area (Å²) in [6.45, 7) is -0.00149. The Bertz CT molecular complexity index is 653. The number of amides is 3. The van der Waals surface area contributed by atoms with Crippen LogP contribution in [-0.2, 0) is 4.79 Å². The largest absolute Gasteiger partial charge is 0.508 e. The second kappa shape index (κ2) is 4.70. The number of phenols is 1. The number of hydrogen-bond acceptors (Lipinski definition) is 3. The molecule has 0 saturated carbocycles. The van der Waals surface area contributed by atoms with Gasteiger partial charge in [-0.15, -0.1) is 0 Å². The van der Waals surface area contributed by atoms with Gasteiger partial charge in [0.2, 0.25) is 0 Å². The number of carbonyl (C=O) groups excluding carboxylic acids is 2. The van der Waals surface area contributed by atoms with E-state index in [1.54, 1.807) is 36.4 Å². The molecule has 0 radical (unpaired) electrons. The molecule has 2 aromatic carbocycles. The molecule has 1 aliphatic heterocycles. The van der Waals surface area contributed by atoms with E-state index >= 15 is 0 Å². The summed E-state index contributed by atoms with van der Waals surface area (Å²) in [6, 6.07) is 14.6. The Labute approximate surface area is 115 Å². The Hall–Kier alpha value is -2.82. The van der Waals surface area contributed by atoms with Crippen LogP contribution in [0.25, 0.3) is 0 Å². The van der Waals surface area contributed by atoms with Crippen molar-refractivity contribution in [2.45, 2.75) is 0 Å². The third-order valence-corrected chi connectivity index (χ3v) is 3.14. The molecule has 0 unspecified atom stereocenters. The zero-order chi connectivity index (χ0) is 14.1. The quantitative estimate of drug-likeness (QED) is 0.850. The van der Waals surface area contributed by atoms with Gasteiger partial charge in [-0.2, -0.15) is 0 Å². The third kappa shape index (κ3) is 1.99. The minimum absolute atomic E-state index is 0.00149. The molecule has 1 saturated heterocycles. The number of urea groups is 1. The number of nitrogens with zero attached hydrogens (tertiary/aromatic N) is 2. The predicted molar refractivity (Wildman–Crippen MR) is 74.8 cm³/mol. The molecule has 0 bridgehead atoms. The zero-order valence-corrected chi connectivity index (χ0v) is 10.6. The van der Waals surface area contributed by atoms with Gasteiger partial charge in [-0.3, -0.25) is 9.69 Å². The van der Waals surface area contributed by atoms with Crippen LogP contribution in [0.15, 0.2) is 54.6 Å². The number of imide groups is 1. The lowest BCUT2D eigenvalue weighted by Crippen LogP contribution is -2.32. The lowest BCUT2D eigenvalue weighted by Gasteiger charge is -2.17. The van der Waals surface area contributed by atoms with Crippen molar-refractivity contribution in [1.82, 2.24) is 0 Å². The summed E-state index contributed by atoms with van der Waals surface area (Å²) in [6.07, 6.45) is 0. The van der Waals surface area contributed by atoms with Crippen LogP contribution in [0.5, 0.6) is 5.75 Å². The van der Waals surface area contributed by atoms with Crippen molar-refractivity contribution in [1.29, 1.82) is 0 Å². The topological polar surface area (TPSA) is 60.9 Å². The first-order chi connectivity index (χ1) is 9.66. The number of hydrogen-bond donors (Lipinski definition) is 1. The first-order valence-electron chi connectivity index (χ1n) is 6.15. The highest BCUT2D eigenvalue weighted by molar-refractivity contribution is 6.26. The molecule has 0 atom stereocenters. The summed E-state index contributed by atoms with van der Waals surface area (Å²) >= 11 is 0. The van der Waals surface area contributed by atoms with Crippen LogP contribution in [0, 0.1) is 0 Å². The standard InChI is InChI=1S/C15H12N2O3/c18-13-8-6-11(7-9-13)16-10-14(19)17(15(16)20)12-4-2-1-3-5-12/h1-9,18H,10H2. The first-order valence-corrected chi connectivity index (χ1v) is 6.15. The van der Waals surface area contributed by atoms with Crippen LogP contribution in [-0.4, -0.2) is 23.6 Å². The average molecular weight is 268 g/mol. The molecule has 5 heteroatoms. The molecule has 0 aliphatic carbocycles. The summed E-state index contributed by atoms with van der Waals surface area (Å²) in [5.41, 5.74) is 1.14. The molecule has 0 spiro atoms. The molecule has 20 heavy (non-hydrogen) atoms. The second-order valence-electron chi connectivity index (χ2n) is 4.45. The van der Waals surface area contributed by atoms with Crippen LogP contribution in [0.3, 0.4) is 0 Å². The summed E-state index contributed by atoms with van der Waals surface area (Å²) < 4.78 is 0. The lowest BCUT2D eigenvalue weighted by atomic mass is 10.3. The fourth-order valence-corrected chi connectivity index (χ4v) is 2.17. The van der Waals surface area contributed by atoms with Crippen molar-refractivity contribution in [3.63, 3.8) is 0 Å². The van der Waals surface area contributed by atoms with E-state index < -0.39 is 0 Å². The smallest absolute Gasteiger partial charge is 0.336 e. The normalized spacial score (nSPS) is 15.0. The molecule has 3 amide bonds. The maximum atomic E-state index is 12.4. The van der Waals surface area contributed by atoms with E-state index in [1.807, 2.05) is 6.07 Å². The Kier molecular flexibility index (Phi) is 2.87. The fourth-order valence-electron chi connectivity index (χ4n) is 2.17. The summed E-state index contributed by atoms with van der Waals surface area (Å²) in [5.74, 6) is -0.152. The van der Waals surface area contributed by atoms with E-state index in [1.165, 1.54) is 17.0 Å². The highest BCUT2D eigenvalue weighted by Gasteiger charge is 2.37. The number of phenolic OH excluding ortho intramolecular Hbond substituents is 1. The third-order valence-electron chi connectivity index (χ3n) is 3.14. The fraction of sp³-hybridized carbons (Fsp3) is 0.0667. The SMILES string of the molecule is O=C1CN(c2ccc(O)cc2)C(=O)N1c1ccccc1. The molecule has 2 aromatic rings. The highest BCUT2D eigenvalue weighted by atomic mass is 16.3. The monoisotopic (exact) mass is 268 g/mol. The molecule has 1 heterocycles. The average Bonchev–Trinajstić information content (AvgIpc) is 2.76. The van der Waals surface area contributed by atoms with Crippen molar-refractivity contribution >= 4 is 23.3 Å². The van der Waals surface area contributed by atoms with Gasteiger partial charge in [0, 0.05) is 5.69 Å². The van der Waals surface area contributed by atoms with Gasteiger partial charge >= 0.3 is 6.03 Å². The van der Waals surface area contributed by atoms with Gasteiger partial charge in [-0.1, -0.05) is 18.2 Å². The number of carbonyl (C=O) groups is 2. The second-order valence-corrected chi connectivity index (χ2v) is 4.45. The van der Waals surface area contributed by atoms with Crippen LogP contribution in [0.1, 0.15) is 0 Å². The van der Waals surface area contributed by atoms with Gasteiger partial charge in [0.25, 0.3) is 5.91 Å². The molecule has 1 fully saturated rings. The van der Waals surface area contributed by atoms with Gasteiger partial charge in [-0.25, -0.2) is 9.69 Å². The highest BCUT2D eigenvalue weighted by Crippen LogP contribution is 2.26. The first kappa shape index (κ1) is 12.2. The molecule has 1 N–H and O–H groups in total. The maximum Gasteiger partial charge on any atom is 0.336 e. The number of aromatic hydroxyl groups is 1. The molecular weight excluding hydrogens is 256 g/mol. The van der Waals surface area contributed by atoms with Gasteiger partial charge in [-0.05, 0) is 36.4 Å². The predicted octanol–water partition coefficient (Wildman–Crippen LogP) is 2.37. The number of benzene rings is 2. The van der Waals surface area contributed by atoms with Crippen molar-refractivity contribution in [3.8, 4) is 5.75 Å². The Balaban J connectivity index is 1.93. The summed E-state index contributed by atoms with van der Waals surface area (Å²) in [5, 5.41) is 9.27. The van der Waals surface area contributed by atoms with E-state index in [0.29, 0.717) is 11.4 Å². The van der Waals surface area contributed by atoms with Gasteiger partial charge in [0.1, 0.15) is 12.3 Å². The van der Waals surface area contributed by atoms with Gasteiger partial charge in [0.05, 0.1) is 5.69 Å². The van der Waals surface area contributed by atoms with Gasteiger partial charge in [0.15, 0.2) is 0 Å². The number of anilines is 2. The van der Waals surface area contributed by atoms with Gasteiger partial charge < -0.3 is 5.11 Å². The van der Waals surface area contributed by atoms with E-state index in [2.05, 4.69) is 0 Å². The molecular formula is C15H12N2O3. The number of para-hydroxylation sites is 1. The van der Waals surface area contributed by atoms with E-state index in [-0.39, 0.29) is 24.2 Å². The Morgan fingerprint density at radius 2 is 1.50 bits per heavy atom. The lowest BCUT2D eigenvalue weighted by molar-refractivity contribution is -0.115. The molecule has 5 nitrogen and oxygen atoms in total. The molecule has 3 rings (SSSR count). The minimum atomic E-state index is -0.383. The van der Waals surface area contributed by atoms with Crippen LogP contribution < -0.4 is 9.80 Å². The van der Waals surface area contributed by atoms with Crippen LogP contribution in [0.2, 0.25) is 0 Å². The Morgan fingerprint density at radius 1 is 0.850 bits per heavy atom. The van der Waals surface area contributed by atoms with E-state index in [9.17, 15) is 14.7 Å². The number of rotatable bonds is 2.